The SMILES string of the molecule is CCCCCCOC1CCC(C(=O)OC2CCC(CCCCC)CC2)CC1. The van der Waals surface area contributed by atoms with E-state index in [1.165, 1.54) is 64.2 Å². The van der Waals surface area contributed by atoms with Crippen molar-refractivity contribution in [3.63, 3.8) is 0 Å². The molecule has 0 N–H and O–H groups in total. The van der Waals surface area contributed by atoms with Crippen molar-refractivity contribution in [3.8, 4) is 0 Å². The van der Waals surface area contributed by atoms with Crippen LogP contribution in [0, 0.1) is 11.8 Å². The first-order valence-corrected chi connectivity index (χ1v) is 12.0. The molecule has 27 heavy (non-hydrogen) atoms. The third kappa shape index (κ3) is 8.98. The van der Waals surface area contributed by atoms with Crippen LogP contribution in [0.3, 0.4) is 0 Å². The van der Waals surface area contributed by atoms with E-state index in [9.17, 15) is 4.79 Å². The molecule has 2 fully saturated rings. The molecule has 0 aromatic heterocycles. The number of carbonyl (C=O) groups excluding carboxylic acids is 1. The second kappa shape index (κ2) is 13.6. The van der Waals surface area contributed by atoms with Crippen LogP contribution in [0.4, 0.5) is 0 Å². The minimum absolute atomic E-state index is 0.0748. The van der Waals surface area contributed by atoms with Gasteiger partial charge < -0.3 is 9.47 Å². The lowest BCUT2D eigenvalue weighted by molar-refractivity contribution is -0.158. The quantitative estimate of drug-likeness (QED) is 0.275. The molecule has 0 bridgehead atoms. The second-order valence-corrected chi connectivity index (χ2v) is 8.98. The highest BCUT2D eigenvalue weighted by Crippen LogP contribution is 2.32. The van der Waals surface area contributed by atoms with Gasteiger partial charge in [0.2, 0.25) is 0 Å². The average molecular weight is 381 g/mol. The van der Waals surface area contributed by atoms with Gasteiger partial charge in [0.1, 0.15) is 6.10 Å². The molecule has 0 aliphatic heterocycles. The molecule has 0 radical (unpaired) electrons. The van der Waals surface area contributed by atoms with Crippen LogP contribution in [0.1, 0.15) is 117 Å². The van der Waals surface area contributed by atoms with Crippen molar-refractivity contribution in [1.29, 1.82) is 0 Å². The summed E-state index contributed by atoms with van der Waals surface area (Å²) in [5, 5.41) is 0. The summed E-state index contributed by atoms with van der Waals surface area (Å²) in [6, 6.07) is 0. The van der Waals surface area contributed by atoms with Gasteiger partial charge in [-0.05, 0) is 63.7 Å². The zero-order chi connectivity index (χ0) is 19.3. The smallest absolute Gasteiger partial charge is 0.309 e. The van der Waals surface area contributed by atoms with Gasteiger partial charge in [-0.3, -0.25) is 4.79 Å². The Morgan fingerprint density at radius 2 is 1.37 bits per heavy atom. The fourth-order valence-electron chi connectivity index (χ4n) is 4.73. The summed E-state index contributed by atoms with van der Waals surface area (Å²) in [4.78, 5) is 12.5. The summed E-state index contributed by atoms with van der Waals surface area (Å²) in [6.45, 7) is 5.39. The molecule has 2 rings (SSSR count). The maximum atomic E-state index is 12.5. The summed E-state index contributed by atoms with van der Waals surface area (Å²) in [5.41, 5.74) is 0. The third-order valence-electron chi connectivity index (χ3n) is 6.65. The summed E-state index contributed by atoms with van der Waals surface area (Å²) in [6.07, 6.45) is 19.6. The van der Waals surface area contributed by atoms with Crippen LogP contribution in [0.15, 0.2) is 0 Å². The summed E-state index contributed by atoms with van der Waals surface area (Å²) in [5.74, 6) is 1.06. The molecular formula is C24H44O3. The van der Waals surface area contributed by atoms with Gasteiger partial charge in [0.05, 0.1) is 12.0 Å². The van der Waals surface area contributed by atoms with Crippen molar-refractivity contribution in [2.24, 2.45) is 11.8 Å². The molecule has 0 aromatic carbocycles. The Labute approximate surface area is 168 Å². The molecule has 0 aromatic rings. The van der Waals surface area contributed by atoms with Crippen molar-refractivity contribution >= 4 is 5.97 Å². The largest absolute Gasteiger partial charge is 0.462 e. The number of carbonyl (C=O) groups is 1. The zero-order valence-electron chi connectivity index (χ0n) is 18.1. The highest BCUT2D eigenvalue weighted by molar-refractivity contribution is 5.72. The third-order valence-corrected chi connectivity index (χ3v) is 6.65. The van der Waals surface area contributed by atoms with Crippen LogP contribution >= 0.6 is 0 Å². The van der Waals surface area contributed by atoms with E-state index < -0.39 is 0 Å². The van der Waals surface area contributed by atoms with Crippen molar-refractivity contribution < 1.29 is 14.3 Å². The molecule has 0 heterocycles. The zero-order valence-corrected chi connectivity index (χ0v) is 18.1. The highest BCUT2D eigenvalue weighted by Gasteiger charge is 2.30. The van der Waals surface area contributed by atoms with Crippen molar-refractivity contribution in [1.82, 2.24) is 0 Å². The molecule has 0 saturated heterocycles. The molecule has 3 nitrogen and oxygen atoms in total. The lowest BCUT2D eigenvalue weighted by Crippen LogP contribution is -2.31. The van der Waals surface area contributed by atoms with E-state index in [2.05, 4.69) is 13.8 Å². The van der Waals surface area contributed by atoms with Crippen LogP contribution < -0.4 is 0 Å². The molecule has 0 unspecified atom stereocenters. The Bertz CT molecular complexity index is 379. The van der Waals surface area contributed by atoms with Crippen molar-refractivity contribution in [2.75, 3.05) is 6.61 Å². The number of hydrogen-bond acceptors (Lipinski definition) is 3. The minimum Gasteiger partial charge on any atom is -0.462 e. The van der Waals surface area contributed by atoms with Crippen molar-refractivity contribution in [2.45, 2.75) is 129 Å². The predicted octanol–water partition coefficient (Wildman–Crippen LogP) is 6.82. The standard InChI is InChI=1S/C24H44O3/c1-3-5-7-9-19-26-22-17-13-21(14-18-22)24(25)27-23-15-11-20(12-16-23)10-8-6-4-2/h20-23H,3-19H2,1-2H3. The normalized spacial score (nSPS) is 28.8. The van der Waals surface area contributed by atoms with Gasteiger partial charge in [-0.25, -0.2) is 0 Å². The Hall–Kier alpha value is -0.570. The molecule has 2 aliphatic carbocycles. The summed E-state index contributed by atoms with van der Waals surface area (Å²) >= 11 is 0. The first-order chi connectivity index (χ1) is 13.2. The maximum absolute atomic E-state index is 12.5. The topological polar surface area (TPSA) is 35.5 Å². The number of unbranched alkanes of at least 4 members (excludes halogenated alkanes) is 5. The number of hydrogen-bond donors (Lipinski definition) is 0. The predicted molar refractivity (Wildman–Crippen MR) is 112 cm³/mol. The first kappa shape index (κ1) is 22.7. The van der Waals surface area contributed by atoms with Crippen LogP contribution in [0.25, 0.3) is 0 Å². The van der Waals surface area contributed by atoms with Crippen LogP contribution in [-0.2, 0) is 14.3 Å². The Kier molecular flexibility index (Phi) is 11.4. The van der Waals surface area contributed by atoms with E-state index >= 15 is 0 Å². The first-order valence-electron chi connectivity index (χ1n) is 12.0. The molecular weight excluding hydrogens is 336 g/mol. The second-order valence-electron chi connectivity index (χ2n) is 8.98. The van der Waals surface area contributed by atoms with Crippen LogP contribution in [0.5, 0.6) is 0 Å². The fraction of sp³-hybridized carbons (Fsp3) is 0.958. The Balaban J connectivity index is 1.54. The molecule has 0 amide bonds. The fourth-order valence-corrected chi connectivity index (χ4v) is 4.73. The van der Waals surface area contributed by atoms with Crippen molar-refractivity contribution in [3.05, 3.63) is 0 Å². The van der Waals surface area contributed by atoms with Gasteiger partial charge in [0.15, 0.2) is 0 Å². The summed E-state index contributed by atoms with van der Waals surface area (Å²) < 4.78 is 11.9. The van der Waals surface area contributed by atoms with E-state index in [4.69, 9.17) is 9.47 Å². The van der Waals surface area contributed by atoms with Gasteiger partial charge in [0.25, 0.3) is 0 Å². The number of esters is 1. The van der Waals surface area contributed by atoms with Crippen LogP contribution in [-0.4, -0.2) is 24.8 Å². The highest BCUT2D eigenvalue weighted by atomic mass is 16.5. The molecule has 3 heteroatoms. The Morgan fingerprint density at radius 1 is 0.741 bits per heavy atom. The molecule has 0 spiro atoms. The molecule has 158 valence electrons. The monoisotopic (exact) mass is 380 g/mol. The van der Waals surface area contributed by atoms with Gasteiger partial charge in [0, 0.05) is 6.61 Å². The minimum atomic E-state index is 0.0748. The lowest BCUT2D eigenvalue weighted by Gasteiger charge is -2.31. The molecule has 2 aliphatic rings. The lowest BCUT2D eigenvalue weighted by atomic mass is 9.83. The van der Waals surface area contributed by atoms with Gasteiger partial charge in [-0.15, -0.1) is 0 Å². The molecule has 2 saturated carbocycles. The number of rotatable bonds is 12. The van der Waals surface area contributed by atoms with E-state index in [-0.39, 0.29) is 18.0 Å². The maximum Gasteiger partial charge on any atom is 0.309 e. The summed E-state index contributed by atoms with van der Waals surface area (Å²) in [7, 11) is 0. The Morgan fingerprint density at radius 3 is 2.04 bits per heavy atom. The van der Waals surface area contributed by atoms with Gasteiger partial charge in [-0.1, -0.05) is 58.8 Å². The molecule has 0 atom stereocenters. The number of ether oxygens (including phenoxy) is 2. The van der Waals surface area contributed by atoms with E-state index in [1.807, 2.05) is 0 Å². The van der Waals surface area contributed by atoms with E-state index in [0.717, 1.165) is 51.0 Å². The van der Waals surface area contributed by atoms with E-state index in [0.29, 0.717) is 6.10 Å². The van der Waals surface area contributed by atoms with Crippen LogP contribution in [0.2, 0.25) is 0 Å². The van der Waals surface area contributed by atoms with E-state index in [1.54, 1.807) is 0 Å². The van der Waals surface area contributed by atoms with Gasteiger partial charge in [-0.2, -0.15) is 0 Å². The van der Waals surface area contributed by atoms with Gasteiger partial charge >= 0.3 is 5.97 Å². The average Bonchev–Trinajstić information content (AvgIpc) is 2.70.